The number of para-hydroxylation sites is 1. The number of piperazine rings is 1. The van der Waals surface area contributed by atoms with E-state index in [4.69, 9.17) is 5.11 Å². The van der Waals surface area contributed by atoms with Crippen LogP contribution in [0.25, 0.3) is 0 Å². The molecule has 1 aromatic carbocycles. The number of hydrogen-bond donors (Lipinski definition) is 1. The maximum atomic E-state index is 12.0. The summed E-state index contributed by atoms with van der Waals surface area (Å²) in [6.07, 6.45) is 0.444. The van der Waals surface area contributed by atoms with Crippen molar-refractivity contribution >= 4 is 17.6 Å². The van der Waals surface area contributed by atoms with Crippen molar-refractivity contribution in [1.82, 2.24) is 9.80 Å². The highest BCUT2D eigenvalue weighted by atomic mass is 16.4. The Hall–Kier alpha value is -2.08. The molecule has 0 aliphatic carbocycles. The summed E-state index contributed by atoms with van der Waals surface area (Å²) in [5.41, 5.74) is 1.25. The summed E-state index contributed by atoms with van der Waals surface area (Å²) in [4.78, 5) is 28.7. The van der Waals surface area contributed by atoms with Gasteiger partial charge >= 0.3 is 5.97 Å². The van der Waals surface area contributed by atoms with Gasteiger partial charge < -0.3 is 14.9 Å². The maximum Gasteiger partial charge on any atom is 0.305 e. The molecule has 0 bridgehead atoms. The van der Waals surface area contributed by atoms with Crippen LogP contribution in [0.2, 0.25) is 0 Å². The Morgan fingerprint density at radius 1 is 1.09 bits per heavy atom. The molecule has 1 N–H and O–H groups in total. The third-order valence-electron chi connectivity index (χ3n) is 4.22. The van der Waals surface area contributed by atoms with Crippen molar-refractivity contribution in [3.63, 3.8) is 0 Å². The number of nitrogens with zero attached hydrogens (tertiary/aromatic N) is 3. The summed E-state index contributed by atoms with van der Waals surface area (Å²) < 4.78 is 0. The molecule has 0 spiro atoms. The molecule has 1 heterocycles. The van der Waals surface area contributed by atoms with Crippen molar-refractivity contribution in [2.24, 2.45) is 0 Å². The van der Waals surface area contributed by atoms with Gasteiger partial charge in [0.2, 0.25) is 5.91 Å². The van der Waals surface area contributed by atoms with Gasteiger partial charge in [-0.2, -0.15) is 0 Å². The van der Waals surface area contributed by atoms with Crippen LogP contribution in [0.1, 0.15) is 12.8 Å². The lowest BCUT2D eigenvalue weighted by atomic mass is 10.2. The van der Waals surface area contributed by atoms with Crippen LogP contribution in [-0.4, -0.2) is 73.1 Å². The lowest BCUT2D eigenvalue weighted by Gasteiger charge is -2.36. The molecule has 6 heteroatoms. The monoisotopic (exact) mass is 319 g/mol. The van der Waals surface area contributed by atoms with E-state index in [1.54, 1.807) is 7.05 Å². The second kappa shape index (κ2) is 8.53. The average molecular weight is 319 g/mol. The first-order chi connectivity index (χ1) is 11.1. The number of anilines is 1. The minimum atomic E-state index is -0.873. The van der Waals surface area contributed by atoms with Gasteiger partial charge in [0.15, 0.2) is 0 Å². The number of carboxylic acids is 1. The highest BCUT2D eigenvalue weighted by Crippen LogP contribution is 2.15. The summed E-state index contributed by atoms with van der Waals surface area (Å²) in [5, 5.41) is 8.65. The molecule has 1 fully saturated rings. The van der Waals surface area contributed by atoms with Gasteiger partial charge in [-0.05, 0) is 12.1 Å². The number of benzene rings is 1. The Bertz CT molecular complexity index is 513. The van der Waals surface area contributed by atoms with Crippen LogP contribution in [0, 0.1) is 0 Å². The number of amides is 1. The summed E-state index contributed by atoms with van der Waals surface area (Å²) in [6.45, 7) is 4.83. The third kappa shape index (κ3) is 5.56. The normalized spacial score (nSPS) is 15.4. The van der Waals surface area contributed by atoms with Crippen LogP contribution in [0.3, 0.4) is 0 Å². The summed E-state index contributed by atoms with van der Waals surface area (Å²) >= 11 is 0. The van der Waals surface area contributed by atoms with E-state index in [0.29, 0.717) is 6.42 Å². The molecular formula is C17H25N3O3. The van der Waals surface area contributed by atoms with Crippen LogP contribution >= 0.6 is 0 Å². The molecule has 1 aliphatic heterocycles. The minimum absolute atomic E-state index is 0.00199. The molecule has 0 atom stereocenters. The zero-order valence-corrected chi connectivity index (χ0v) is 13.6. The topological polar surface area (TPSA) is 64.1 Å². The number of hydrogen-bond acceptors (Lipinski definition) is 4. The molecule has 0 unspecified atom stereocenters. The fourth-order valence-electron chi connectivity index (χ4n) is 2.70. The summed E-state index contributed by atoms with van der Waals surface area (Å²) in [7, 11) is 1.67. The van der Waals surface area contributed by atoms with E-state index in [1.807, 2.05) is 18.2 Å². The van der Waals surface area contributed by atoms with E-state index in [0.717, 1.165) is 32.7 Å². The van der Waals surface area contributed by atoms with Crippen molar-refractivity contribution in [3.05, 3.63) is 30.3 Å². The zero-order chi connectivity index (χ0) is 16.7. The van der Waals surface area contributed by atoms with Gasteiger partial charge in [-0.25, -0.2) is 0 Å². The molecule has 1 aliphatic rings. The van der Waals surface area contributed by atoms with E-state index in [1.165, 1.54) is 10.6 Å². The lowest BCUT2D eigenvalue weighted by Crippen LogP contribution is -2.47. The van der Waals surface area contributed by atoms with E-state index in [-0.39, 0.29) is 18.9 Å². The van der Waals surface area contributed by atoms with Crippen molar-refractivity contribution < 1.29 is 14.7 Å². The van der Waals surface area contributed by atoms with Crippen molar-refractivity contribution in [1.29, 1.82) is 0 Å². The molecule has 0 saturated carbocycles. The number of carbonyl (C=O) groups excluding carboxylic acids is 1. The maximum absolute atomic E-state index is 12.0. The van der Waals surface area contributed by atoms with Gasteiger partial charge in [-0.1, -0.05) is 18.2 Å². The van der Waals surface area contributed by atoms with Gasteiger partial charge in [0.1, 0.15) is 0 Å². The van der Waals surface area contributed by atoms with E-state index >= 15 is 0 Å². The first kappa shape index (κ1) is 17.3. The molecule has 6 nitrogen and oxygen atoms in total. The standard InChI is InChI=1S/C17H25N3O3/c1-18(9-8-17(22)23)16(21)7-10-19-11-13-20(14-12-19)15-5-3-2-4-6-15/h2-6H,7-14H2,1H3,(H,22,23). The average Bonchev–Trinajstić information content (AvgIpc) is 2.58. The Morgan fingerprint density at radius 3 is 2.35 bits per heavy atom. The Kier molecular flexibility index (Phi) is 6.40. The Morgan fingerprint density at radius 2 is 1.74 bits per heavy atom. The predicted octanol–water partition coefficient (Wildman–Crippen LogP) is 1.13. The first-order valence-electron chi connectivity index (χ1n) is 8.04. The quantitative estimate of drug-likeness (QED) is 0.816. The molecule has 0 radical (unpaired) electrons. The second-order valence-electron chi connectivity index (χ2n) is 5.87. The van der Waals surface area contributed by atoms with Gasteiger partial charge in [-0.15, -0.1) is 0 Å². The molecule has 23 heavy (non-hydrogen) atoms. The van der Waals surface area contributed by atoms with Crippen LogP contribution < -0.4 is 4.90 Å². The van der Waals surface area contributed by atoms with Crippen LogP contribution in [-0.2, 0) is 9.59 Å². The molecule has 126 valence electrons. The number of rotatable bonds is 7. The fourth-order valence-corrected chi connectivity index (χ4v) is 2.70. The largest absolute Gasteiger partial charge is 0.481 e. The van der Waals surface area contributed by atoms with Gasteiger partial charge in [-0.3, -0.25) is 14.5 Å². The Labute approximate surface area is 137 Å². The number of carbonyl (C=O) groups is 2. The second-order valence-corrected chi connectivity index (χ2v) is 5.87. The molecular weight excluding hydrogens is 294 g/mol. The highest BCUT2D eigenvalue weighted by molar-refractivity contribution is 5.76. The highest BCUT2D eigenvalue weighted by Gasteiger charge is 2.18. The predicted molar refractivity (Wildman–Crippen MR) is 89.6 cm³/mol. The number of carboxylic acid groups (broad SMARTS) is 1. The zero-order valence-electron chi connectivity index (χ0n) is 13.6. The SMILES string of the molecule is CN(CCC(=O)O)C(=O)CCN1CCN(c2ccccc2)CC1. The third-order valence-corrected chi connectivity index (χ3v) is 4.22. The molecule has 1 aromatic rings. The van der Waals surface area contributed by atoms with Crippen molar-refractivity contribution in [2.45, 2.75) is 12.8 Å². The van der Waals surface area contributed by atoms with Crippen LogP contribution in [0.5, 0.6) is 0 Å². The van der Waals surface area contributed by atoms with Crippen LogP contribution in [0.4, 0.5) is 5.69 Å². The summed E-state index contributed by atoms with van der Waals surface area (Å²) in [5.74, 6) is -0.863. The van der Waals surface area contributed by atoms with Crippen molar-refractivity contribution in [3.8, 4) is 0 Å². The van der Waals surface area contributed by atoms with E-state index in [9.17, 15) is 9.59 Å². The van der Waals surface area contributed by atoms with Crippen molar-refractivity contribution in [2.75, 3.05) is 51.2 Å². The molecule has 1 amide bonds. The Balaban J connectivity index is 1.68. The van der Waals surface area contributed by atoms with Gasteiger partial charge in [0.05, 0.1) is 6.42 Å². The first-order valence-corrected chi connectivity index (χ1v) is 8.04. The van der Waals surface area contributed by atoms with E-state index in [2.05, 4.69) is 21.9 Å². The van der Waals surface area contributed by atoms with Crippen LogP contribution in [0.15, 0.2) is 30.3 Å². The molecule has 2 rings (SSSR count). The van der Waals surface area contributed by atoms with E-state index < -0.39 is 5.97 Å². The fraction of sp³-hybridized carbons (Fsp3) is 0.529. The van der Waals surface area contributed by atoms with Gasteiger partial charge in [0, 0.05) is 58.4 Å². The molecule has 1 saturated heterocycles. The lowest BCUT2D eigenvalue weighted by molar-refractivity contribution is -0.138. The molecule has 0 aromatic heterocycles. The van der Waals surface area contributed by atoms with Gasteiger partial charge in [0.25, 0.3) is 0 Å². The summed E-state index contributed by atoms with van der Waals surface area (Å²) in [6, 6.07) is 10.4. The minimum Gasteiger partial charge on any atom is -0.481 e. The smallest absolute Gasteiger partial charge is 0.305 e. The number of aliphatic carboxylic acids is 1.